The highest BCUT2D eigenvalue weighted by molar-refractivity contribution is 7.16. The van der Waals surface area contributed by atoms with Crippen molar-refractivity contribution in [1.82, 2.24) is 9.97 Å². The second kappa shape index (κ2) is 6.56. The smallest absolute Gasteiger partial charge is 0.262 e. The molecule has 2 aromatic rings. The second-order valence-electron chi connectivity index (χ2n) is 5.97. The van der Waals surface area contributed by atoms with Crippen molar-refractivity contribution in [2.75, 3.05) is 17.2 Å². The van der Waals surface area contributed by atoms with E-state index in [0.29, 0.717) is 23.0 Å². The molecule has 2 amide bonds. The highest BCUT2D eigenvalue weighted by Gasteiger charge is 2.20. The van der Waals surface area contributed by atoms with Gasteiger partial charge in [0.1, 0.15) is 10.7 Å². The molecule has 2 N–H and O–H groups in total. The van der Waals surface area contributed by atoms with Gasteiger partial charge in [-0.05, 0) is 25.3 Å². The Morgan fingerprint density at radius 1 is 1.50 bits per heavy atom. The van der Waals surface area contributed by atoms with Gasteiger partial charge in [-0.2, -0.15) is 0 Å². The maximum atomic E-state index is 12.5. The molecular formula is C16H18N4O3S. The second-order valence-corrected chi connectivity index (χ2v) is 7.18. The maximum absolute atomic E-state index is 12.5. The first-order valence-corrected chi connectivity index (χ1v) is 8.44. The number of carbonyl (C=O) groups is 2. The number of fused-ring (bicyclic) bond motifs is 1. The molecule has 0 atom stereocenters. The lowest BCUT2D eigenvalue weighted by Crippen LogP contribution is -2.26. The molecular weight excluding hydrogens is 328 g/mol. The predicted octanol–water partition coefficient (Wildman–Crippen LogP) is 2.63. The molecule has 0 bridgehead atoms. The molecule has 0 radical (unpaired) electrons. The lowest BCUT2D eigenvalue weighted by Gasteiger charge is -2.17. The molecule has 2 aromatic heterocycles. The molecule has 0 saturated carbocycles. The quantitative estimate of drug-likeness (QED) is 0.888. The Hall–Kier alpha value is -2.48. The minimum absolute atomic E-state index is 0.0652. The summed E-state index contributed by atoms with van der Waals surface area (Å²) in [6.07, 6.45) is 2.23. The number of aromatic nitrogens is 2. The summed E-state index contributed by atoms with van der Waals surface area (Å²) in [5, 5.41) is 7.20. The molecule has 0 aromatic carbocycles. The fraction of sp³-hybridized carbons (Fsp3) is 0.375. The highest BCUT2D eigenvalue weighted by Crippen LogP contribution is 2.29. The van der Waals surface area contributed by atoms with Crippen molar-refractivity contribution in [2.24, 2.45) is 5.92 Å². The van der Waals surface area contributed by atoms with Gasteiger partial charge in [-0.1, -0.05) is 13.8 Å². The molecule has 1 aliphatic rings. The number of carbonyl (C=O) groups excluding carboxylic acids is 2. The Balaban J connectivity index is 1.81. The number of hydrogen-bond acceptors (Lipinski definition) is 6. The minimum Gasteiger partial charge on any atom is -0.466 e. The lowest BCUT2D eigenvalue weighted by atomic mass is 10.1. The number of amides is 2. The molecule has 3 heterocycles. The van der Waals surface area contributed by atoms with Crippen molar-refractivity contribution < 1.29 is 14.3 Å². The standard InChI is InChI=1S/C16H18N4O3S/c1-8(2)4-12-16(24-9(3)18-12)20-14(22)10-5-11-15(17-6-10)23-7-13(21)19-11/h5-6,8H,4,7H2,1-3H3,(H,19,21)(H,20,22). The zero-order valence-electron chi connectivity index (χ0n) is 13.7. The SMILES string of the molecule is Cc1nc(CC(C)C)c(NC(=O)c2cnc3c(c2)NC(=O)CO3)s1. The highest BCUT2D eigenvalue weighted by atomic mass is 32.1. The molecule has 24 heavy (non-hydrogen) atoms. The Kier molecular flexibility index (Phi) is 4.48. The van der Waals surface area contributed by atoms with Crippen LogP contribution in [0.3, 0.4) is 0 Å². The normalized spacial score (nSPS) is 13.2. The van der Waals surface area contributed by atoms with Crippen LogP contribution in [0.15, 0.2) is 12.3 Å². The molecule has 126 valence electrons. The number of nitrogens with zero attached hydrogens (tertiary/aromatic N) is 2. The molecule has 3 rings (SSSR count). The first kappa shape index (κ1) is 16.4. The average molecular weight is 346 g/mol. The van der Waals surface area contributed by atoms with Crippen LogP contribution in [0.1, 0.15) is 34.9 Å². The summed E-state index contributed by atoms with van der Waals surface area (Å²) in [5.41, 5.74) is 1.64. The Bertz CT molecular complexity index is 801. The van der Waals surface area contributed by atoms with Crippen LogP contribution >= 0.6 is 11.3 Å². The van der Waals surface area contributed by atoms with Gasteiger partial charge in [0.15, 0.2) is 6.61 Å². The predicted molar refractivity (Wildman–Crippen MR) is 91.7 cm³/mol. The van der Waals surface area contributed by atoms with Crippen LogP contribution in [0, 0.1) is 12.8 Å². The molecule has 0 saturated heterocycles. The summed E-state index contributed by atoms with van der Waals surface area (Å²) < 4.78 is 5.19. The van der Waals surface area contributed by atoms with Crippen LogP contribution in [0.4, 0.5) is 10.7 Å². The van der Waals surface area contributed by atoms with E-state index in [1.165, 1.54) is 17.5 Å². The van der Waals surface area contributed by atoms with Gasteiger partial charge in [-0.15, -0.1) is 11.3 Å². The monoisotopic (exact) mass is 346 g/mol. The maximum Gasteiger partial charge on any atom is 0.262 e. The first-order chi connectivity index (χ1) is 11.4. The van der Waals surface area contributed by atoms with Crippen LogP contribution in [-0.2, 0) is 11.2 Å². The number of pyridine rings is 1. The van der Waals surface area contributed by atoms with Crippen molar-refractivity contribution in [3.8, 4) is 5.88 Å². The van der Waals surface area contributed by atoms with E-state index in [9.17, 15) is 9.59 Å². The summed E-state index contributed by atoms with van der Waals surface area (Å²) in [6.45, 7) is 6.06. The van der Waals surface area contributed by atoms with Crippen LogP contribution in [0.2, 0.25) is 0 Å². The van der Waals surface area contributed by atoms with E-state index in [4.69, 9.17) is 4.74 Å². The topological polar surface area (TPSA) is 93.2 Å². The lowest BCUT2D eigenvalue weighted by molar-refractivity contribution is -0.118. The third-order valence-electron chi connectivity index (χ3n) is 3.36. The van der Waals surface area contributed by atoms with Crippen LogP contribution in [0.25, 0.3) is 0 Å². The molecule has 7 nitrogen and oxygen atoms in total. The fourth-order valence-electron chi connectivity index (χ4n) is 2.37. The minimum atomic E-state index is -0.293. The summed E-state index contributed by atoms with van der Waals surface area (Å²) in [6, 6.07) is 1.56. The fourth-order valence-corrected chi connectivity index (χ4v) is 3.21. The zero-order valence-corrected chi connectivity index (χ0v) is 14.5. The molecule has 0 spiro atoms. The summed E-state index contributed by atoms with van der Waals surface area (Å²) in [7, 11) is 0. The van der Waals surface area contributed by atoms with E-state index in [2.05, 4.69) is 34.4 Å². The molecule has 0 unspecified atom stereocenters. The molecule has 1 aliphatic heterocycles. The Morgan fingerprint density at radius 2 is 2.29 bits per heavy atom. The van der Waals surface area contributed by atoms with Gasteiger partial charge in [0.2, 0.25) is 5.88 Å². The van der Waals surface area contributed by atoms with E-state index in [-0.39, 0.29) is 18.4 Å². The van der Waals surface area contributed by atoms with E-state index in [1.54, 1.807) is 6.07 Å². The Labute approximate surface area is 143 Å². The molecule has 0 aliphatic carbocycles. The summed E-state index contributed by atoms with van der Waals surface area (Å²) in [4.78, 5) is 32.5. The number of hydrogen-bond donors (Lipinski definition) is 2. The van der Waals surface area contributed by atoms with Gasteiger partial charge < -0.3 is 15.4 Å². The van der Waals surface area contributed by atoms with Gasteiger partial charge in [0, 0.05) is 6.20 Å². The number of aryl methyl sites for hydroxylation is 1. The van der Waals surface area contributed by atoms with Crippen LogP contribution in [0.5, 0.6) is 5.88 Å². The van der Waals surface area contributed by atoms with Crippen LogP contribution < -0.4 is 15.4 Å². The third-order valence-corrected chi connectivity index (χ3v) is 4.29. The average Bonchev–Trinajstić information content (AvgIpc) is 2.85. The van der Waals surface area contributed by atoms with Gasteiger partial charge >= 0.3 is 0 Å². The third kappa shape index (κ3) is 3.53. The van der Waals surface area contributed by atoms with Crippen molar-refractivity contribution in [3.63, 3.8) is 0 Å². The van der Waals surface area contributed by atoms with Crippen molar-refractivity contribution >= 4 is 33.8 Å². The number of rotatable bonds is 4. The van der Waals surface area contributed by atoms with Crippen molar-refractivity contribution in [2.45, 2.75) is 27.2 Å². The number of anilines is 2. The van der Waals surface area contributed by atoms with E-state index >= 15 is 0 Å². The number of nitrogens with one attached hydrogen (secondary N) is 2. The number of ether oxygens (including phenoxy) is 1. The van der Waals surface area contributed by atoms with Crippen molar-refractivity contribution in [1.29, 1.82) is 0 Å². The van der Waals surface area contributed by atoms with Gasteiger partial charge in [0.25, 0.3) is 11.8 Å². The molecule has 0 fully saturated rings. The zero-order chi connectivity index (χ0) is 17.3. The Morgan fingerprint density at radius 3 is 3.04 bits per heavy atom. The van der Waals surface area contributed by atoms with E-state index in [1.807, 2.05) is 6.92 Å². The molecule has 8 heteroatoms. The largest absolute Gasteiger partial charge is 0.466 e. The van der Waals surface area contributed by atoms with Crippen LogP contribution in [-0.4, -0.2) is 28.4 Å². The summed E-state index contributed by atoms with van der Waals surface area (Å²) >= 11 is 1.45. The van der Waals surface area contributed by atoms with E-state index in [0.717, 1.165) is 22.1 Å². The first-order valence-electron chi connectivity index (χ1n) is 7.62. The van der Waals surface area contributed by atoms with E-state index < -0.39 is 0 Å². The van der Waals surface area contributed by atoms with Crippen molar-refractivity contribution in [3.05, 3.63) is 28.5 Å². The van der Waals surface area contributed by atoms with Gasteiger partial charge in [-0.25, -0.2) is 9.97 Å². The number of thiazole rings is 1. The van der Waals surface area contributed by atoms with Gasteiger partial charge in [0.05, 0.1) is 16.3 Å². The summed E-state index contributed by atoms with van der Waals surface area (Å²) in [5.74, 6) is 0.207. The van der Waals surface area contributed by atoms with Gasteiger partial charge in [-0.3, -0.25) is 9.59 Å².